The third-order valence-corrected chi connectivity index (χ3v) is 2.80. The average molecular weight is 222 g/mol. The molecule has 1 fully saturated rings. The van der Waals surface area contributed by atoms with Gasteiger partial charge in [0.05, 0.1) is 12.2 Å². The van der Waals surface area contributed by atoms with Crippen molar-refractivity contribution < 1.29 is 13.9 Å². The van der Waals surface area contributed by atoms with Gasteiger partial charge in [0.2, 0.25) is 0 Å². The van der Waals surface area contributed by atoms with Crippen molar-refractivity contribution in [2.24, 2.45) is 5.92 Å². The van der Waals surface area contributed by atoms with E-state index in [-0.39, 0.29) is 5.56 Å². The van der Waals surface area contributed by atoms with Crippen LogP contribution in [0.5, 0.6) is 0 Å². The Morgan fingerprint density at radius 2 is 2.25 bits per heavy atom. The lowest BCUT2D eigenvalue weighted by molar-refractivity contribution is 0.0489. The number of aryl methyl sites for hydroxylation is 1. The molecule has 0 amide bonds. The lowest BCUT2D eigenvalue weighted by Crippen LogP contribution is -2.09. The van der Waals surface area contributed by atoms with Crippen LogP contribution in [0.25, 0.3) is 0 Å². The van der Waals surface area contributed by atoms with E-state index in [1.54, 1.807) is 13.0 Å². The topological polar surface area (TPSA) is 26.3 Å². The van der Waals surface area contributed by atoms with Crippen LogP contribution in [0.1, 0.15) is 35.2 Å². The van der Waals surface area contributed by atoms with Gasteiger partial charge in [-0.1, -0.05) is 18.9 Å². The second kappa shape index (κ2) is 4.64. The zero-order valence-electron chi connectivity index (χ0n) is 9.33. The summed E-state index contributed by atoms with van der Waals surface area (Å²) in [7, 11) is 0. The summed E-state index contributed by atoms with van der Waals surface area (Å²) in [5.41, 5.74) is 0.827. The van der Waals surface area contributed by atoms with Gasteiger partial charge in [-0.05, 0) is 37.0 Å². The van der Waals surface area contributed by atoms with Crippen molar-refractivity contribution in [2.75, 3.05) is 6.61 Å². The fraction of sp³-hybridized carbons (Fsp3) is 0.462. The molecule has 0 saturated heterocycles. The van der Waals surface area contributed by atoms with Gasteiger partial charge in [-0.15, -0.1) is 0 Å². The molecule has 86 valence electrons. The number of benzene rings is 1. The summed E-state index contributed by atoms with van der Waals surface area (Å²) >= 11 is 0. The Hall–Kier alpha value is -1.38. The Balaban J connectivity index is 1.91. The predicted octanol–water partition coefficient (Wildman–Crippen LogP) is 3.09. The maximum absolute atomic E-state index is 13.4. The van der Waals surface area contributed by atoms with Crippen molar-refractivity contribution in [3.05, 3.63) is 35.1 Å². The minimum atomic E-state index is -0.557. The van der Waals surface area contributed by atoms with E-state index in [2.05, 4.69) is 0 Å². The summed E-state index contributed by atoms with van der Waals surface area (Å²) in [6, 6.07) is 4.53. The van der Waals surface area contributed by atoms with Gasteiger partial charge < -0.3 is 4.74 Å². The molecule has 16 heavy (non-hydrogen) atoms. The molecule has 0 aromatic heterocycles. The summed E-state index contributed by atoms with van der Waals surface area (Å²) in [6.45, 7) is 2.18. The molecule has 0 heterocycles. The first-order valence-electron chi connectivity index (χ1n) is 5.60. The largest absolute Gasteiger partial charge is 0.462 e. The monoisotopic (exact) mass is 222 g/mol. The number of esters is 1. The van der Waals surface area contributed by atoms with E-state index < -0.39 is 11.8 Å². The van der Waals surface area contributed by atoms with E-state index >= 15 is 0 Å². The number of ether oxygens (including phenoxy) is 1. The van der Waals surface area contributed by atoms with E-state index in [0.717, 1.165) is 17.9 Å². The normalized spacial score (nSPS) is 14.9. The van der Waals surface area contributed by atoms with Crippen molar-refractivity contribution in [1.82, 2.24) is 0 Å². The molecule has 1 saturated carbocycles. The van der Waals surface area contributed by atoms with Gasteiger partial charge in [0.15, 0.2) is 0 Å². The average Bonchev–Trinajstić information content (AvgIpc) is 3.01. The Labute approximate surface area is 94.4 Å². The second-order valence-electron chi connectivity index (χ2n) is 4.35. The molecule has 2 rings (SSSR count). The lowest BCUT2D eigenvalue weighted by atomic mass is 10.1. The summed E-state index contributed by atoms with van der Waals surface area (Å²) in [6.07, 6.45) is 3.37. The Morgan fingerprint density at radius 3 is 2.88 bits per heavy atom. The Morgan fingerprint density at radius 1 is 1.50 bits per heavy atom. The third-order valence-electron chi connectivity index (χ3n) is 2.80. The molecule has 1 aromatic carbocycles. The van der Waals surface area contributed by atoms with Crippen LogP contribution in [-0.4, -0.2) is 12.6 Å². The van der Waals surface area contributed by atoms with Crippen LogP contribution in [0, 0.1) is 18.7 Å². The van der Waals surface area contributed by atoms with Gasteiger partial charge in [-0.2, -0.15) is 0 Å². The zero-order chi connectivity index (χ0) is 11.5. The summed E-state index contributed by atoms with van der Waals surface area (Å²) < 4.78 is 18.4. The quantitative estimate of drug-likeness (QED) is 0.732. The number of rotatable bonds is 4. The number of hydrogen-bond donors (Lipinski definition) is 0. The fourth-order valence-electron chi connectivity index (χ4n) is 1.59. The summed E-state index contributed by atoms with van der Waals surface area (Å²) in [4.78, 5) is 11.5. The molecule has 0 radical (unpaired) electrons. The number of hydrogen-bond acceptors (Lipinski definition) is 2. The van der Waals surface area contributed by atoms with Gasteiger partial charge in [-0.3, -0.25) is 0 Å². The smallest absolute Gasteiger partial charge is 0.341 e. The molecule has 3 heteroatoms. The third kappa shape index (κ3) is 2.81. The first-order chi connectivity index (χ1) is 7.66. The minimum absolute atomic E-state index is 0.0291. The van der Waals surface area contributed by atoms with Crippen molar-refractivity contribution in [2.45, 2.75) is 26.2 Å². The SMILES string of the molecule is Cc1ccc(C(=O)OCCC2CC2)c(F)c1. The van der Waals surface area contributed by atoms with Gasteiger partial charge >= 0.3 is 5.97 Å². The Kier molecular flexibility index (Phi) is 3.22. The van der Waals surface area contributed by atoms with E-state index in [1.165, 1.54) is 25.0 Å². The highest BCUT2D eigenvalue weighted by Gasteiger charge is 2.21. The molecule has 1 aliphatic rings. The van der Waals surface area contributed by atoms with Crippen LogP contribution in [0.3, 0.4) is 0 Å². The summed E-state index contributed by atoms with van der Waals surface area (Å²) in [5, 5.41) is 0. The maximum Gasteiger partial charge on any atom is 0.341 e. The molecule has 0 atom stereocenters. The molecule has 1 aromatic rings. The Bertz CT molecular complexity index is 397. The molecule has 0 spiro atoms. The van der Waals surface area contributed by atoms with Gasteiger partial charge in [-0.25, -0.2) is 9.18 Å². The maximum atomic E-state index is 13.4. The predicted molar refractivity (Wildman–Crippen MR) is 58.8 cm³/mol. The van der Waals surface area contributed by atoms with Crippen molar-refractivity contribution in [1.29, 1.82) is 0 Å². The molecule has 0 N–H and O–H groups in total. The minimum Gasteiger partial charge on any atom is -0.462 e. The van der Waals surface area contributed by atoms with Gasteiger partial charge in [0, 0.05) is 0 Å². The van der Waals surface area contributed by atoms with E-state index in [0.29, 0.717) is 6.61 Å². The van der Waals surface area contributed by atoms with Crippen LogP contribution < -0.4 is 0 Å². The number of carbonyl (C=O) groups excluding carboxylic acids is 1. The zero-order valence-corrected chi connectivity index (χ0v) is 9.33. The standard InChI is InChI=1S/C13H15FO2/c1-9-2-5-11(12(14)8-9)13(15)16-7-6-10-3-4-10/h2,5,8,10H,3-4,6-7H2,1H3. The van der Waals surface area contributed by atoms with E-state index in [4.69, 9.17) is 4.74 Å². The highest BCUT2D eigenvalue weighted by molar-refractivity contribution is 5.89. The van der Waals surface area contributed by atoms with Crippen LogP contribution in [-0.2, 0) is 4.74 Å². The van der Waals surface area contributed by atoms with E-state index in [1.807, 2.05) is 0 Å². The van der Waals surface area contributed by atoms with Crippen LogP contribution >= 0.6 is 0 Å². The van der Waals surface area contributed by atoms with E-state index in [9.17, 15) is 9.18 Å². The first kappa shape index (κ1) is 11.1. The molecule has 0 bridgehead atoms. The van der Waals surface area contributed by atoms with Gasteiger partial charge in [0.25, 0.3) is 0 Å². The van der Waals surface area contributed by atoms with Crippen LogP contribution in [0.4, 0.5) is 4.39 Å². The molecular weight excluding hydrogens is 207 g/mol. The highest BCUT2D eigenvalue weighted by Crippen LogP contribution is 2.32. The fourth-order valence-corrected chi connectivity index (χ4v) is 1.59. The molecule has 0 unspecified atom stereocenters. The molecule has 1 aliphatic carbocycles. The molecular formula is C13H15FO2. The molecule has 2 nitrogen and oxygen atoms in total. The number of halogens is 1. The highest BCUT2D eigenvalue weighted by atomic mass is 19.1. The lowest BCUT2D eigenvalue weighted by Gasteiger charge is -2.05. The number of carbonyl (C=O) groups is 1. The summed E-state index contributed by atoms with van der Waals surface area (Å²) in [5.74, 6) is -0.342. The van der Waals surface area contributed by atoms with Crippen molar-refractivity contribution >= 4 is 5.97 Å². The van der Waals surface area contributed by atoms with Crippen molar-refractivity contribution in [3.8, 4) is 0 Å². The van der Waals surface area contributed by atoms with Gasteiger partial charge in [0.1, 0.15) is 5.82 Å². The second-order valence-corrected chi connectivity index (χ2v) is 4.35. The van der Waals surface area contributed by atoms with Crippen LogP contribution in [0.2, 0.25) is 0 Å². The molecule has 0 aliphatic heterocycles. The van der Waals surface area contributed by atoms with Crippen LogP contribution in [0.15, 0.2) is 18.2 Å². The van der Waals surface area contributed by atoms with Crippen molar-refractivity contribution in [3.63, 3.8) is 0 Å². The first-order valence-corrected chi connectivity index (χ1v) is 5.60.